The molecule has 0 spiro atoms. The molecule has 130 valence electrons. The Morgan fingerprint density at radius 2 is 2.04 bits per heavy atom. The van der Waals surface area contributed by atoms with Gasteiger partial charge in [-0.1, -0.05) is 52.3 Å². The van der Waals surface area contributed by atoms with Crippen molar-refractivity contribution in [1.82, 2.24) is 0 Å². The summed E-state index contributed by atoms with van der Waals surface area (Å²) in [4.78, 5) is 0. The average Bonchev–Trinajstić information content (AvgIpc) is 2.51. The molecule has 0 fully saturated rings. The lowest BCUT2D eigenvalue weighted by atomic mass is 9.82. The van der Waals surface area contributed by atoms with Crippen LogP contribution in [0.15, 0.2) is 18.2 Å². The van der Waals surface area contributed by atoms with Gasteiger partial charge in [-0.05, 0) is 77.7 Å². The van der Waals surface area contributed by atoms with E-state index in [1.807, 2.05) is 0 Å². The summed E-state index contributed by atoms with van der Waals surface area (Å²) in [7, 11) is 0. The minimum atomic E-state index is 0.447. The smallest absolute Gasteiger partial charge is 0.000824 e. The lowest BCUT2D eigenvalue weighted by Gasteiger charge is -2.27. The predicted molar refractivity (Wildman–Crippen MR) is 105 cm³/mol. The molecule has 2 rings (SSSR count). The van der Waals surface area contributed by atoms with Crippen molar-refractivity contribution in [2.24, 2.45) is 17.1 Å². The van der Waals surface area contributed by atoms with Crippen LogP contribution in [0.2, 0.25) is 0 Å². The summed E-state index contributed by atoms with van der Waals surface area (Å²) in [5, 5.41) is 0. The zero-order valence-electron chi connectivity index (χ0n) is 15.5. The Hall–Kier alpha value is -0.470. The SMILES string of the molecule is CCCC(CN)c1ccc2c(c1)CC[C@H](CSCC(C)(C)C)C2. The molecule has 1 aromatic rings. The Labute approximate surface area is 147 Å². The molecule has 1 nitrogen and oxygen atoms in total. The van der Waals surface area contributed by atoms with Crippen LogP contribution in [0, 0.1) is 11.3 Å². The highest BCUT2D eigenvalue weighted by Gasteiger charge is 2.21. The summed E-state index contributed by atoms with van der Waals surface area (Å²) >= 11 is 2.14. The van der Waals surface area contributed by atoms with Gasteiger partial charge in [0.05, 0.1) is 0 Å². The van der Waals surface area contributed by atoms with E-state index in [4.69, 9.17) is 5.73 Å². The Morgan fingerprint density at radius 3 is 2.70 bits per heavy atom. The molecule has 0 aliphatic heterocycles. The minimum absolute atomic E-state index is 0.447. The van der Waals surface area contributed by atoms with Crippen molar-refractivity contribution in [2.75, 3.05) is 18.1 Å². The van der Waals surface area contributed by atoms with Crippen molar-refractivity contribution in [1.29, 1.82) is 0 Å². The fraction of sp³-hybridized carbons (Fsp3) is 0.714. The van der Waals surface area contributed by atoms with Crippen LogP contribution in [0.4, 0.5) is 0 Å². The normalized spacial score (nSPS) is 19.4. The monoisotopic (exact) mass is 333 g/mol. The van der Waals surface area contributed by atoms with Crippen LogP contribution in [0.25, 0.3) is 0 Å². The lowest BCUT2D eigenvalue weighted by molar-refractivity contribution is 0.476. The third kappa shape index (κ3) is 5.83. The van der Waals surface area contributed by atoms with Crippen molar-refractivity contribution in [3.8, 4) is 0 Å². The molecule has 1 aliphatic rings. The third-order valence-electron chi connectivity index (χ3n) is 4.84. The van der Waals surface area contributed by atoms with Crippen LogP contribution in [0.3, 0.4) is 0 Å². The van der Waals surface area contributed by atoms with Gasteiger partial charge in [0, 0.05) is 0 Å². The van der Waals surface area contributed by atoms with Crippen LogP contribution < -0.4 is 5.73 Å². The van der Waals surface area contributed by atoms with Crippen LogP contribution in [0.5, 0.6) is 0 Å². The molecular weight excluding hydrogens is 298 g/mol. The minimum Gasteiger partial charge on any atom is -0.330 e. The van der Waals surface area contributed by atoms with Crippen LogP contribution in [-0.4, -0.2) is 18.1 Å². The molecule has 0 aromatic heterocycles. The maximum atomic E-state index is 5.98. The third-order valence-corrected chi connectivity index (χ3v) is 6.62. The Morgan fingerprint density at radius 1 is 1.26 bits per heavy atom. The van der Waals surface area contributed by atoms with E-state index < -0.39 is 0 Å². The highest BCUT2D eigenvalue weighted by molar-refractivity contribution is 7.99. The van der Waals surface area contributed by atoms with Gasteiger partial charge in [0.2, 0.25) is 0 Å². The van der Waals surface area contributed by atoms with Crippen molar-refractivity contribution in [2.45, 2.75) is 65.7 Å². The van der Waals surface area contributed by atoms with Crippen molar-refractivity contribution in [3.63, 3.8) is 0 Å². The first-order valence-corrected chi connectivity index (χ1v) is 10.5. The second-order valence-corrected chi connectivity index (χ2v) is 9.46. The van der Waals surface area contributed by atoms with Gasteiger partial charge in [-0.3, -0.25) is 0 Å². The molecule has 0 amide bonds. The molecule has 0 heterocycles. The summed E-state index contributed by atoms with van der Waals surface area (Å²) in [6.07, 6.45) is 6.31. The molecule has 0 saturated carbocycles. The second-order valence-electron chi connectivity index (χ2n) is 8.43. The molecule has 0 bridgehead atoms. The van der Waals surface area contributed by atoms with E-state index in [2.05, 4.69) is 57.7 Å². The van der Waals surface area contributed by atoms with E-state index in [1.54, 1.807) is 11.1 Å². The Kier molecular flexibility index (Phi) is 7.03. The van der Waals surface area contributed by atoms with Crippen molar-refractivity contribution < 1.29 is 0 Å². The number of benzene rings is 1. The maximum Gasteiger partial charge on any atom is -0.000824 e. The van der Waals surface area contributed by atoms with Crippen molar-refractivity contribution >= 4 is 11.8 Å². The molecule has 23 heavy (non-hydrogen) atoms. The molecule has 1 aromatic carbocycles. The number of rotatable bonds is 7. The van der Waals surface area contributed by atoms with Crippen molar-refractivity contribution in [3.05, 3.63) is 34.9 Å². The fourth-order valence-corrected chi connectivity index (χ4v) is 4.90. The predicted octanol–water partition coefficient (Wildman–Crippen LogP) is 5.41. The molecular formula is C21H35NS. The number of nitrogens with two attached hydrogens (primary N) is 1. The van der Waals surface area contributed by atoms with Gasteiger partial charge in [0.25, 0.3) is 0 Å². The molecule has 2 atom stereocenters. The van der Waals surface area contributed by atoms with E-state index in [9.17, 15) is 0 Å². The lowest BCUT2D eigenvalue weighted by Crippen LogP contribution is -2.19. The molecule has 1 unspecified atom stereocenters. The quantitative estimate of drug-likeness (QED) is 0.721. The summed E-state index contributed by atoms with van der Waals surface area (Å²) in [5.74, 6) is 4.00. The van der Waals surface area contributed by atoms with Crippen LogP contribution in [-0.2, 0) is 12.8 Å². The molecule has 2 N–H and O–H groups in total. The number of fused-ring (bicyclic) bond motifs is 1. The second kappa shape index (κ2) is 8.58. The van der Waals surface area contributed by atoms with E-state index >= 15 is 0 Å². The van der Waals surface area contributed by atoms with E-state index in [0.29, 0.717) is 11.3 Å². The number of thioether (sulfide) groups is 1. The number of aryl methyl sites for hydroxylation is 1. The number of hydrogen-bond donors (Lipinski definition) is 1. The van der Waals surface area contributed by atoms with Gasteiger partial charge < -0.3 is 5.73 Å². The first kappa shape index (κ1) is 18.9. The summed E-state index contributed by atoms with van der Waals surface area (Å²) in [5.41, 5.74) is 11.1. The highest BCUT2D eigenvalue weighted by Crippen LogP contribution is 2.32. The Balaban J connectivity index is 1.94. The molecule has 0 radical (unpaired) electrons. The summed E-state index contributed by atoms with van der Waals surface area (Å²) in [6, 6.07) is 7.20. The largest absolute Gasteiger partial charge is 0.330 e. The first-order valence-electron chi connectivity index (χ1n) is 9.32. The average molecular weight is 334 g/mol. The number of hydrogen-bond acceptors (Lipinski definition) is 2. The van der Waals surface area contributed by atoms with Gasteiger partial charge in [0.1, 0.15) is 0 Å². The highest BCUT2D eigenvalue weighted by atomic mass is 32.2. The van der Waals surface area contributed by atoms with Crippen LogP contribution >= 0.6 is 11.8 Å². The molecule has 0 saturated heterocycles. The zero-order valence-corrected chi connectivity index (χ0v) is 16.3. The molecule has 1 aliphatic carbocycles. The first-order chi connectivity index (χ1) is 10.9. The van der Waals surface area contributed by atoms with Gasteiger partial charge in [-0.25, -0.2) is 0 Å². The van der Waals surface area contributed by atoms with E-state index in [-0.39, 0.29) is 0 Å². The van der Waals surface area contributed by atoms with E-state index in [0.717, 1.165) is 12.5 Å². The maximum absolute atomic E-state index is 5.98. The summed E-state index contributed by atoms with van der Waals surface area (Å²) in [6.45, 7) is 10.0. The van der Waals surface area contributed by atoms with Gasteiger partial charge in [-0.2, -0.15) is 11.8 Å². The van der Waals surface area contributed by atoms with E-state index in [1.165, 1.54) is 49.2 Å². The van der Waals surface area contributed by atoms with Gasteiger partial charge >= 0.3 is 0 Å². The van der Waals surface area contributed by atoms with Crippen LogP contribution in [0.1, 0.15) is 69.6 Å². The fourth-order valence-electron chi connectivity index (χ4n) is 3.55. The Bertz CT molecular complexity index is 489. The molecule has 2 heteroatoms. The zero-order chi connectivity index (χ0) is 16.9. The van der Waals surface area contributed by atoms with Gasteiger partial charge in [-0.15, -0.1) is 0 Å². The topological polar surface area (TPSA) is 26.0 Å². The summed E-state index contributed by atoms with van der Waals surface area (Å²) < 4.78 is 0. The van der Waals surface area contributed by atoms with Gasteiger partial charge in [0.15, 0.2) is 0 Å². The standard InChI is InChI=1S/C21H35NS/c1-5-6-20(13-22)19-10-9-17-11-16(7-8-18(17)12-19)14-23-15-21(2,3)4/h9-10,12,16,20H,5-8,11,13-15,22H2,1-4H3/t16-,20?/m0/s1.